The van der Waals surface area contributed by atoms with Crippen molar-refractivity contribution in [2.75, 3.05) is 37.5 Å². The number of hydrogen-bond acceptors (Lipinski definition) is 6. The SMILES string of the molecule is COc1ccccc1NC(=O)N1CCC(N(C)c2c(Cl)c(C(=O)CC3C4CC5CC3CC(O)(C5)C4)nn2C)CC1.II. The molecular formula is C30H40ClI2N5O4. The van der Waals surface area contributed by atoms with Crippen molar-refractivity contribution in [1.29, 1.82) is 0 Å². The van der Waals surface area contributed by atoms with Gasteiger partial charge in [0.1, 0.15) is 22.3 Å². The molecule has 4 bridgehead atoms. The fourth-order valence-electron chi connectivity index (χ4n) is 8.35. The van der Waals surface area contributed by atoms with Gasteiger partial charge in [-0.25, -0.2) is 4.79 Å². The van der Waals surface area contributed by atoms with Crippen LogP contribution in [0.4, 0.5) is 16.3 Å². The van der Waals surface area contributed by atoms with Gasteiger partial charge in [0.15, 0.2) is 5.78 Å². The number of aromatic nitrogens is 2. The predicted molar refractivity (Wildman–Crippen MR) is 182 cm³/mol. The van der Waals surface area contributed by atoms with E-state index < -0.39 is 5.60 Å². The molecule has 5 aliphatic rings. The fraction of sp³-hybridized carbons (Fsp3) is 0.633. The van der Waals surface area contributed by atoms with Crippen molar-refractivity contribution in [3.05, 3.63) is 35.0 Å². The maximum atomic E-state index is 13.5. The van der Waals surface area contributed by atoms with Gasteiger partial charge in [0, 0.05) is 76.9 Å². The lowest BCUT2D eigenvalue weighted by Gasteiger charge is -2.58. The van der Waals surface area contributed by atoms with Gasteiger partial charge in [0.05, 0.1) is 18.4 Å². The lowest BCUT2D eigenvalue weighted by atomic mass is 9.49. The second kappa shape index (κ2) is 13.4. The van der Waals surface area contributed by atoms with Crippen molar-refractivity contribution in [2.24, 2.45) is 30.7 Å². The molecule has 0 spiro atoms. The first kappa shape index (κ1) is 32.1. The number of rotatable bonds is 7. The number of nitrogens with one attached hydrogen (secondary N) is 1. The number of likely N-dealkylation sites (tertiary alicyclic amines) is 1. The van der Waals surface area contributed by atoms with Gasteiger partial charge in [-0.1, -0.05) is 23.7 Å². The van der Waals surface area contributed by atoms with Gasteiger partial charge in [-0.05, 0) is 80.8 Å². The van der Waals surface area contributed by atoms with Crippen LogP contribution >= 0.6 is 48.8 Å². The lowest BCUT2D eigenvalue weighted by molar-refractivity contribution is -0.151. The second-order valence-electron chi connectivity index (χ2n) is 12.6. The number of amides is 2. The Morgan fingerprint density at radius 2 is 1.81 bits per heavy atom. The van der Waals surface area contributed by atoms with Crippen molar-refractivity contribution >= 4 is 72.2 Å². The van der Waals surface area contributed by atoms with Crippen LogP contribution in [0.5, 0.6) is 5.75 Å². The van der Waals surface area contributed by atoms with Crippen LogP contribution < -0.4 is 15.0 Å². The molecule has 4 aliphatic carbocycles. The maximum absolute atomic E-state index is 13.5. The Kier molecular flexibility index (Phi) is 10.2. The first-order valence-electron chi connectivity index (χ1n) is 14.7. The minimum absolute atomic E-state index is 0.00698. The van der Waals surface area contributed by atoms with Crippen LogP contribution in [0.15, 0.2) is 24.3 Å². The molecule has 2 N–H and O–H groups in total. The van der Waals surface area contributed by atoms with Gasteiger partial charge in [-0.15, -0.1) is 0 Å². The summed E-state index contributed by atoms with van der Waals surface area (Å²) >= 11 is 11.1. The third kappa shape index (κ3) is 6.39. The first-order chi connectivity index (χ1) is 20.2. The van der Waals surface area contributed by atoms with E-state index in [2.05, 4.69) is 52.5 Å². The van der Waals surface area contributed by atoms with Gasteiger partial charge in [-0.2, -0.15) is 5.10 Å². The Labute approximate surface area is 276 Å². The molecule has 4 saturated carbocycles. The average molecular weight is 824 g/mol. The van der Waals surface area contributed by atoms with Crippen molar-refractivity contribution in [3.63, 3.8) is 0 Å². The molecular weight excluding hydrogens is 784 g/mol. The van der Waals surface area contributed by atoms with Gasteiger partial charge < -0.3 is 25.0 Å². The monoisotopic (exact) mass is 823 g/mol. The zero-order chi connectivity index (χ0) is 30.2. The number of ether oxygens (including phenoxy) is 1. The van der Waals surface area contributed by atoms with E-state index in [0.29, 0.717) is 65.3 Å². The topological polar surface area (TPSA) is 99.9 Å². The number of piperidine rings is 1. The molecule has 1 aromatic carbocycles. The van der Waals surface area contributed by atoms with E-state index >= 15 is 0 Å². The summed E-state index contributed by atoms with van der Waals surface area (Å²) in [5.41, 5.74) is 0.504. The highest BCUT2D eigenvalue weighted by atomic mass is 128. The molecule has 42 heavy (non-hydrogen) atoms. The molecule has 230 valence electrons. The minimum atomic E-state index is -0.501. The summed E-state index contributed by atoms with van der Waals surface area (Å²) in [4.78, 5) is 30.3. The van der Waals surface area contributed by atoms with Crippen LogP contribution in [-0.2, 0) is 7.05 Å². The van der Waals surface area contributed by atoms with E-state index in [9.17, 15) is 14.7 Å². The summed E-state index contributed by atoms with van der Waals surface area (Å²) in [7, 11) is 5.41. The quantitative estimate of drug-likeness (QED) is 0.237. The van der Waals surface area contributed by atoms with Crippen molar-refractivity contribution in [2.45, 2.75) is 63.0 Å². The lowest BCUT2D eigenvalue weighted by Crippen LogP contribution is -2.54. The van der Waals surface area contributed by atoms with E-state index in [4.69, 9.17) is 16.3 Å². The highest BCUT2D eigenvalue weighted by Gasteiger charge is 2.55. The number of nitrogens with zero attached hydrogens (tertiary/aromatic N) is 4. The minimum Gasteiger partial charge on any atom is -0.495 e. The third-order valence-electron chi connectivity index (χ3n) is 10.1. The molecule has 1 saturated heterocycles. The van der Waals surface area contributed by atoms with Crippen LogP contribution in [0.2, 0.25) is 5.02 Å². The van der Waals surface area contributed by atoms with E-state index in [-0.39, 0.29) is 17.9 Å². The maximum Gasteiger partial charge on any atom is 0.321 e. The summed E-state index contributed by atoms with van der Waals surface area (Å²) in [6.45, 7) is 1.21. The van der Waals surface area contributed by atoms with Crippen LogP contribution in [0.3, 0.4) is 0 Å². The molecule has 9 nitrogen and oxygen atoms in total. The number of aliphatic hydroxyl groups is 1. The number of para-hydroxylation sites is 2. The number of halogens is 3. The fourth-order valence-corrected chi connectivity index (χ4v) is 8.75. The smallest absolute Gasteiger partial charge is 0.321 e. The van der Waals surface area contributed by atoms with Crippen molar-refractivity contribution in [1.82, 2.24) is 14.7 Å². The Bertz CT molecular complexity index is 1280. The Morgan fingerprint density at radius 3 is 2.43 bits per heavy atom. The standard InChI is InChI=1S/C30H40ClN5O4.I2/c1-34(21-8-10-36(11-9-21)29(38)32-23-6-4-5-7-25(23)40-3)28-26(31)27(33-35(28)2)24(37)14-22-19-12-18-13-20(22)17-30(39,15-18)16-19;1-2/h4-7,18-22,39H,8-17H2,1-3H3,(H,32,38);. The summed E-state index contributed by atoms with van der Waals surface area (Å²) in [6.07, 6.45) is 6.87. The molecule has 5 fully saturated rings. The van der Waals surface area contributed by atoms with Crippen molar-refractivity contribution < 1.29 is 19.4 Å². The number of benzene rings is 1. The summed E-state index contributed by atoms with van der Waals surface area (Å²) in [5.74, 6) is 3.16. The van der Waals surface area contributed by atoms with E-state index in [1.54, 1.807) is 11.8 Å². The number of methoxy groups -OCH3 is 1. The summed E-state index contributed by atoms with van der Waals surface area (Å²) in [6, 6.07) is 7.40. The highest BCUT2D eigenvalue weighted by molar-refractivity contribution is 15.0. The number of anilines is 2. The summed E-state index contributed by atoms with van der Waals surface area (Å²) < 4.78 is 7.07. The third-order valence-corrected chi connectivity index (χ3v) is 10.4. The van der Waals surface area contributed by atoms with Crippen LogP contribution in [0.25, 0.3) is 0 Å². The molecule has 2 unspecified atom stereocenters. The molecule has 2 amide bonds. The Hall–Kier alpha value is -1.32. The van der Waals surface area contributed by atoms with Crippen LogP contribution in [0.1, 0.15) is 61.9 Å². The average Bonchev–Trinajstić information content (AvgIpc) is 3.28. The molecule has 12 heteroatoms. The molecule has 2 aromatic rings. The number of urea groups is 1. The predicted octanol–water partition coefficient (Wildman–Crippen LogP) is 6.75. The van der Waals surface area contributed by atoms with Gasteiger partial charge in [0.25, 0.3) is 0 Å². The number of ketones is 1. The number of hydrogen-bond donors (Lipinski definition) is 2. The summed E-state index contributed by atoms with van der Waals surface area (Å²) in [5, 5.41) is 18.9. The number of carbonyl (C=O) groups excluding carboxylic acids is 2. The Balaban J connectivity index is 0.00000173. The second-order valence-corrected chi connectivity index (χ2v) is 12.9. The van der Waals surface area contributed by atoms with Gasteiger partial charge in [-0.3, -0.25) is 9.48 Å². The normalized spacial score (nSPS) is 28.2. The molecule has 0 radical (unpaired) electrons. The van der Waals surface area contributed by atoms with Crippen LogP contribution in [-0.4, -0.2) is 70.5 Å². The largest absolute Gasteiger partial charge is 0.495 e. The zero-order valence-corrected chi connectivity index (χ0v) is 29.4. The zero-order valence-electron chi connectivity index (χ0n) is 24.4. The number of Topliss-reactive ketones (excluding diaryl/α,β-unsaturated/α-hetero) is 1. The first-order valence-corrected chi connectivity index (χ1v) is 21.4. The molecule has 1 aliphatic heterocycles. The molecule has 2 atom stereocenters. The highest BCUT2D eigenvalue weighted by Crippen LogP contribution is 2.59. The molecule has 2 heterocycles. The number of aryl methyl sites for hydroxylation is 1. The van der Waals surface area contributed by atoms with Crippen LogP contribution in [0, 0.1) is 23.7 Å². The van der Waals surface area contributed by atoms with Gasteiger partial charge in [0.2, 0.25) is 0 Å². The molecule has 1 aromatic heterocycles. The Morgan fingerprint density at radius 1 is 1.17 bits per heavy atom. The number of carbonyl (C=O) groups is 2. The van der Waals surface area contributed by atoms with E-state index in [1.807, 2.05) is 43.3 Å². The van der Waals surface area contributed by atoms with E-state index in [1.165, 1.54) is 0 Å². The molecule has 7 rings (SSSR count). The van der Waals surface area contributed by atoms with Gasteiger partial charge >= 0.3 is 6.03 Å². The van der Waals surface area contributed by atoms with Crippen molar-refractivity contribution in [3.8, 4) is 5.75 Å². The van der Waals surface area contributed by atoms with E-state index in [0.717, 1.165) is 50.8 Å².